The zero-order valence-corrected chi connectivity index (χ0v) is 16.7. The summed E-state index contributed by atoms with van der Waals surface area (Å²) in [6.07, 6.45) is 0. The monoisotopic (exact) mass is 386 g/mol. The number of aryl methyl sites for hydroxylation is 3. The van der Waals surface area contributed by atoms with Crippen LogP contribution in [0.1, 0.15) is 16.7 Å². The van der Waals surface area contributed by atoms with Gasteiger partial charge in [0, 0.05) is 12.6 Å². The predicted molar refractivity (Wildman–Crippen MR) is 112 cm³/mol. The van der Waals surface area contributed by atoms with Gasteiger partial charge in [-0.25, -0.2) is 4.79 Å². The van der Waals surface area contributed by atoms with Crippen molar-refractivity contribution in [1.82, 2.24) is 19.8 Å². The Hall–Kier alpha value is -3.67. The average molecular weight is 386 g/mol. The molecule has 4 rings (SSSR count). The molecule has 0 aliphatic heterocycles. The highest BCUT2D eigenvalue weighted by molar-refractivity contribution is 5.68. The van der Waals surface area contributed by atoms with Gasteiger partial charge in [-0.2, -0.15) is 9.36 Å². The van der Waals surface area contributed by atoms with E-state index in [2.05, 4.69) is 41.6 Å². The molecule has 0 N–H and O–H groups in total. The van der Waals surface area contributed by atoms with E-state index in [-0.39, 0.29) is 5.69 Å². The SMILES string of the molecule is Cc1ccc(OCc2c(C)cccc2-n2nnn(C)c2=O)cc1-c1ccccc1. The van der Waals surface area contributed by atoms with Crippen molar-refractivity contribution in [3.63, 3.8) is 0 Å². The fraction of sp³-hybridized carbons (Fsp3) is 0.174. The molecule has 0 atom stereocenters. The van der Waals surface area contributed by atoms with Gasteiger partial charge in [-0.1, -0.05) is 48.5 Å². The van der Waals surface area contributed by atoms with E-state index in [9.17, 15) is 4.79 Å². The van der Waals surface area contributed by atoms with E-state index in [1.54, 1.807) is 7.05 Å². The molecule has 4 aromatic rings. The highest BCUT2D eigenvalue weighted by Crippen LogP contribution is 2.28. The number of hydrogen-bond acceptors (Lipinski definition) is 4. The van der Waals surface area contributed by atoms with Gasteiger partial charge in [0.05, 0.1) is 5.69 Å². The topological polar surface area (TPSA) is 61.9 Å². The Morgan fingerprint density at radius 1 is 0.897 bits per heavy atom. The molecule has 6 nitrogen and oxygen atoms in total. The average Bonchev–Trinajstić information content (AvgIpc) is 3.07. The molecule has 0 saturated heterocycles. The second-order valence-corrected chi connectivity index (χ2v) is 7.00. The number of aromatic nitrogens is 4. The van der Waals surface area contributed by atoms with E-state index >= 15 is 0 Å². The molecule has 0 radical (unpaired) electrons. The Labute approximate surface area is 169 Å². The zero-order valence-electron chi connectivity index (χ0n) is 16.7. The lowest BCUT2D eigenvalue weighted by atomic mass is 10.0. The quantitative estimate of drug-likeness (QED) is 0.523. The number of nitrogens with zero attached hydrogens (tertiary/aromatic N) is 4. The molecule has 29 heavy (non-hydrogen) atoms. The van der Waals surface area contributed by atoms with Crippen molar-refractivity contribution >= 4 is 0 Å². The number of benzene rings is 3. The highest BCUT2D eigenvalue weighted by Gasteiger charge is 2.14. The van der Waals surface area contributed by atoms with Crippen LogP contribution in [-0.4, -0.2) is 19.8 Å². The fourth-order valence-electron chi connectivity index (χ4n) is 3.31. The summed E-state index contributed by atoms with van der Waals surface area (Å²) in [5, 5.41) is 7.78. The van der Waals surface area contributed by atoms with Crippen LogP contribution >= 0.6 is 0 Å². The van der Waals surface area contributed by atoms with Crippen molar-refractivity contribution in [1.29, 1.82) is 0 Å². The summed E-state index contributed by atoms with van der Waals surface area (Å²) in [7, 11) is 1.58. The first-order valence-corrected chi connectivity index (χ1v) is 9.41. The van der Waals surface area contributed by atoms with E-state index in [1.807, 2.05) is 49.4 Å². The Balaban J connectivity index is 1.65. The van der Waals surface area contributed by atoms with Gasteiger partial charge in [0.2, 0.25) is 0 Å². The van der Waals surface area contributed by atoms with Gasteiger partial charge < -0.3 is 4.74 Å². The lowest BCUT2D eigenvalue weighted by Crippen LogP contribution is -2.23. The van der Waals surface area contributed by atoms with Crippen LogP contribution in [0.3, 0.4) is 0 Å². The second kappa shape index (κ2) is 7.75. The molecule has 0 amide bonds. The van der Waals surface area contributed by atoms with Gasteiger partial charge >= 0.3 is 5.69 Å². The van der Waals surface area contributed by atoms with Gasteiger partial charge in [-0.15, -0.1) is 0 Å². The standard InChI is InChI=1S/C23H22N4O2/c1-16-8-7-11-22(27-23(28)26(3)24-25-27)21(16)15-29-19-13-12-17(2)20(14-19)18-9-5-4-6-10-18/h4-14H,15H2,1-3H3. The smallest absolute Gasteiger partial charge is 0.368 e. The molecular formula is C23H22N4O2. The summed E-state index contributed by atoms with van der Waals surface area (Å²) < 4.78 is 8.64. The van der Waals surface area contributed by atoms with Crippen molar-refractivity contribution in [2.24, 2.45) is 7.05 Å². The lowest BCUT2D eigenvalue weighted by molar-refractivity contribution is 0.305. The Bertz CT molecular complexity index is 1210. The van der Waals surface area contributed by atoms with Crippen molar-refractivity contribution in [3.05, 3.63) is 93.9 Å². The fourth-order valence-corrected chi connectivity index (χ4v) is 3.31. The zero-order chi connectivity index (χ0) is 20.4. The van der Waals surface area contributed by atoms with E-state index in [1.165, 1.54) is 14.9 Å². The van der Waals surface area contributed by atoms with Crippen LogP contribution in [-0.2, 0) is 13.7 Å². The van der Waals surface area contributed by atoms with Crippen molar-refractivity contribution in [2.75, 3.05) is 0 Å². The number of tetrazole rings is 1. The van der Waals surface area contributed by atoms with Crippen LogP contribution in [0.2, 0.25) is 0 Å². The second-order valence-electron chi connectivity index (χ2n) is 7.00. The van der Waals surface area contributed by atoms with Gasteiger partial charge in [0.1, 0.15) is 12.4 Å². The van der Waals surface area contributed by atoms with Gasteiger partial charge in [0.15, 0.2) is 0 Å². The van der Waals surface area contributed by atoms with Crippen LogP contribution < -0.4 is 10.4 Å². The molecule has 0 bridgehead atoms. The van der Waals surface area contributed by atoms with Crippen molar-refractivity contribution in [3.8, 4) is 22.6 Å². The summed E-state index contributed by atoms with van der Waals surface area (Å²) in [5.74, 6) is 0.773. The predicted octanol–water partition coefficient (Wildman–Crippen LogP) is 3.83. The summed E-state index contributed by atoms with van der Waals surface area (Å²) in [6, 6.07) is 22.1. The third-order valence-corrected chi connectivity index (χ3v) is 5.01. The number of rotatable bonds is 5. The largest absolute Gasteiger partial charge is 0.489 e. The molecule has 0 unspecified atom stereocenters. The molecule has 0 fully saturated rings. The molecule has 146 valence electrons. The third-order valence-electron chi connectivity index (χ3n) is 5.01. The van der Waals surface area contributed by atoms with Crippen molar-refractivity contribution in [2.45, 2.75) is 20.5 Å². The van der Waals surface area contributed by atoms with Crippen LogP contribution in [0.5, 0.6) is 5.75 Å². The number of ether oxygens (including phenoxy) is 1. The Kier molecular flexibility index (Phi) is 4.99. The minimum Gasteiger partial charge on any atom is -0.489 e. The molecule has 0 aliphatic rings. The minimum atomic E-state index is -0.293. The van der Waals surface area contributed by atoms with Gasteiger partial charge in [-0.05, 0) is 64.7 Å². The van der Waals surface area contributed by atoms with Crippen LogP contribution in [0.4, 0.5) is 0 Å². The molecule has 1 aromatic heterocycles. The van der Waals surface area contributed by atoms with E-state index in [0.29, 0.717) is 12.3 Å². The summed E-state index contributed by atoms with van der Waals surface area (Å²) in [5.41, 5.74) is 5.78. The molecule has 6 heteroatoms. The summed E-state index contributed by atoms with van der Waals surface area (Å²) in [4.78, 5) is 12.3. The first kappa shape index (κ1) is 18.7. The molecular weight excluding hydrogens is 364 g/mol. The van der Waals surface area contributed by atoms with E-state index < -0.39 is 0 Å². The maximum absolute atomic E-state index is 12.3. The van der Waals surface area contributed by atoms with Crippen LogP contribution in [0, 0.1) is 13.8 Å². The molecule has 0 saturated carbocycles. The summed E-state index contributed by atoms with van der Waals surface area (Å²) in [6.45, 7) is 4.41. The maximum atomic E-state index is 12.3. The highest BCUT2D eigenvalue weighted by atomic mass is 16.5. The summed E-state index contributed by atoms with van der Waals surface area (Å²) >= 11 is 0. The molecule has 0 aliphatic carbocycles. The van der Waals surface area contributed by atoms with Crippen LogP contribution in [0.25, 0.3) is 16.8 Å². The maximum Gasteiger partial charge on any atom is 0.368 e. The van der Waals surface area contributed by atoms with Crippen LogP contribution in [0.15, 0.2) is 71.5 Å². The first-order chi connectivity index (χ1) is 14.0. The third kappa shape index (κ3) is 3.69. The Morgan fingerprint density at radius 3 is 2.41 bits per heavy atom. The van der Waals surface area contributed by atoms with Gasteiger partial charge in [-0.3, -0.25) is 0 Å². The van der Waals surface area contributed by atoms with Gasteiger partial charge in [0.25, 0.3) is 0 Å². The molecule has 3 aromatic carbocycles. The lowest BCUT2D eigenvalue weighted by Gasteiger charge is -2.14. The number of hydrogen-bond donors (Lipinski definition) is 0. The van der Waals surface area contributed by atoms with E-state index in [0.717, 1.165) is 28.0 Å². The normalized spacial score (nSPS) is 10.9. The van der Waals surface area contributed by atoms with E-state index in [4.69, 9.17) is 4.74 Å². The minimum absolute atomic E-state index is 0.293. The molecule has 0 spiro atoms. The first-order valence-electron chi connectivity index (χ1n) is 9.41. The molecule has 1 heterocycles. The Morgan fingerprint density at radius 2 is 1.69 bits per heavy atom. The van der Waals surface area contributed by atoms with Crippen molar-refractivity contribution < 1.29 is 4.74 Å².